The molecule has 6 aliphatic rings. The smallest absolute Gasteiger partial charge is 0.463 e. The molecule has 3 spiro atoms. The van der Waals surface area contributed by atoms with Gasteiger partial charge in [-0.2, -0.15) is 0 Å². The molecular formula is C33H47ClO10. The van der Waals surface area contributed by atoms with Crippen LogP contribution in [0.3, 0.4) is 0 Å². The van der Waals surface area contributed by atoms with Gasteiger partial charge in [-0.05, 0) is 57.6 Å². The average molecular weight is 639 g/mol. The lowest BCUT2D eigenvalue weighted by atomic mass is 9.78. The minimum absolute atomic E-state index is 0.0106. The molecule has 10 nitrogen and oxygen atoms in total. The number of cyclic esters (lactones) is 1. The Hall–Kier alpha value is -1.69. The number of ether oxygens (including phenoxy) is 8. The maximum Gasteiger partial charge on any atom is 0.511 e. The first-order valence-electron chi connectivity index (χ1n) is 16.1. The van der Waals surface area contributed by atoms with E-state index in [0.717, 1.165) is 12.0 Å². The molecule has 5 saturated heterocycles. The summed E-state index contributed by atoms with van der Waals surface area (Å²) >= 11 is 6.13. The summed E-state index contributed by atoms with van der Waals surface area (Å²) in [5.41, 5.74) is 0.162. The molecule has 0 saturated carbocycles. The van der Waals surface area contributed by atoms with E-state index >= 15 is 0 Å². The molecular weight excluding hydrogens is 592 g/mol. The zero-order valence-electron chi connectivity index (χ0n) is 26.7. The number of esters is 1. The number of hydrogen-bond acceptors (Lipinski definition) is 10. The first kappa shape index (κ1) is 32.3. The van der Waals surface area contributed by atoms with Crippen molar-refractivity contribution >= 4 is 23.7 Å². The van der Waals surface area contributed by atoms with Gasteiger partial charge >= 0.3 is 12.1 Å². The van der Waals surface area contributed by atoms with Crippen LogP contribution in [-0.2, 0) is 42.7 Å². The highest BCUT2D eigenvalue weighted by Crippen LogP contribution is 2.54. The predicted molar refractivity (Wildman–Crippen MR) is 159 cm³/mol. The van der Waals surface area contributed by atoms with Crippen molar-refractivity contribution < 1.29 is 47.5 Å². The molecule has 0 unspecified atom stereocenters. The predicted octanol–water partition coefficient (Wildman–Crippen LogP) is 5.79. The van der Waals surface area contributed by atoms with Crippen molar-refractivity contribution in [3.05, 3.63) is 24.3 Å². The number of rotatable bonds is 5. The van der Waals surface area contributed by atoms with Crippen molar-refractivity contribution in [1.82, 2.24) is 0 Å². The number of fused-ring (bicyclic) bond motifs is 1. The number of hydrogen-bond donors (Lipinski definition) is 0. The Bertz CT molecular complexity index is 1180. The standard InChI is InChI=1S/C33H47ClO10/c1-18-13-21(4)33(42-26(18)19(2)16-34)27(39-29(36)43-33)25-15-24-23(38-25)14-20(3)32(41-24)12-11-31(44-32)10-8-9-22(40-31)17-37-28(35)30(5,6)7/h8,10,18,20-27H,2,9,11-17H2,1,3-7H3/t18-,20-,21+,22-,23-,24-,25+,26-,27-,31-,32+,33-/m0/s1. The van der Waals surface area contributed by atoms with Crippen molar-refractivity contribution in [2.75, 3.05) is 12.5 Å². The lowest BCUT2D eigenvalue weighted by Crippen LogP contribution is -2.59. The lowest BCUT2D eigenvalue weighted by Gasteiger charge is -2.47. The molecule has 11 heteroatoms. The summed E-state index contributed by atoms with van der Waals surface area (Å²) in [5.74, 6) is -3.08. The quantitative estimate of drug-likeness (QED) is 0.208. The fourth-order valence-electron chi connectivity index (χ4n) is 7.85. The first-order chi connectivity index (χ1) is 20.7. The maximum absolute atomic E-state index is 12.6. The van der Waals surface area contributed by atoms with Crippen molar-refractivity contribution in [1.29, 1.82) is 0 Å². The zero-order chi connectivity index (χ0) is 31.7. The van der Waals surface area contributed by atoms with E-state index < -0.39 is 41.1 Å². The molecule has 6 rings (SSSR count). The van der Waals surface area contributed by atoms with Crippen LogP contribution in [0, 0.1) is 23.2 Å². The van der Waals surface area contributed by atoms with Crippen molar-refractivity contribution in [3.8, 4) is 0 Å². The summed E-state index contributed by atoms with van der Waals surface area (Å²) in [6.07, 6.45) is 4.70. The Morgan fingerprint density at radius 2 is 1.82 bits per heavy atom. The van der Waals surface area contributed by atoms with Crippen molar-refractivity contribution in [3.63, 3.8) is 0 Å². The van der Waals surface area contributed by atoms with Gasteiger partial charge in [-0.3, -0.25) is 4.79 Å². The summed E-state index contributed by atoms with van der Waals surface area (Å²) < 4.78 is 50.3. The molecule has 246 valence electrons. The summed E-state index contributed by atoms with van der Waals surface area (Å²) in [6, 6.07) is 0. The Balaban J connectivity index is 1.14. The van der Waals surface area contributed by atoms with Gasteiger partial charge in [0.25, 0.3) is 5.79 Å². The Labute approximate surface area is 265 Å². The highest BCUT2D eigenvalue weighted by molar-refractivity contribution is 6.19. The van der Waals surface area contributed by atoms with Gasteiger partial charge < -0.3 is 37.9 Å². The molecule has 5 fully saturated rings. The van der Waals surface area contributed by atoms with Gasteiger partial charge in [0, 0.05) is 37.0 Å². The van der Waals surface area contributed by atoms with Crippen LogP contribution in [0.2, 0.25) is 0 Å². The zero-order valence-corrected chi connectivity index (χ0v) is 27.4. The molecule has 0 aromatic rings. The second kappa shape index (κ2) is 11.5. The van der Waals surface area contributed by atoms with Gasteiger partial charge in [0.2, 0.25) is 0 Å². The molecule has 0 bridgehead atoms. The number of alkyl halides is 1. The van der Waals surface area contributed by atoms with Gasteiger partial charge in [0.1, 0.15) is 12.7 Å². The van der Waals surface area contributed by atoms with E-state index in [-0.39, 0.29) is 60.6 Å². The minimum atomic E-state index is -1.30. The SMILES string of the molecule is C=C(CCl)[C@H]1O[C@]2(OC(=O)O[C@H]2[C@H]2C[C@@H]3O[C@@]4(CC[C@]5(C=CC[C@@H](COC(=O)C(C)(C)C)O5)O4)[C@@H](C)C[C@@H]3O2)[C@H](C)C[C@@H]1C. The Kier molecular flexibility index (Phi) is 8.45. The molecule has 0 aliphatic carbocycles. The summed E-state index contributed by atoms with van der Waals surface area (Å²) in [6.45, 7) is 16.0. The third-order valence-electron chi connectivity index (χ3n) is 10.2. The second-order valence-corrected chi connectivity index (χ2v) is 15.0. The van der Waals surface area contributed by atoms with Gasteiger partial charge in [-0.15, -0.1) is 11.6 Å². The third kappa shape index (κ3) is 5.62. The largest absolute Gasteiger partial charge is 0.511 e. The van der Waals surface area contributed by atoms with E-state index in [4.69, 9.17) is 49.5 Å². The number of halogens is 1. The topological polar surface area (TPSA) is 108 Å². The summed E-state index contributed by atoms with van der Waals surface area (Å²) in [5, 5.41) is 0. The van der Waals surface area contributed by atoms with Gasteiger partial charge in [0.05, 0.1) is 29.8 Å². The first-order valence-corrected chi connectivity index (χ1v) is 16.6. The monoisotopic (exact) mass is 638 g/mol. The number of carbonyl (C=O) groups is 2. The Morgan fingerprint density at radius 3 is 2.55 bits per heavy atom. The maximum atomic E-state index is 12.6. The van der Waals surface area contributed by atoms with E-state index in [1.807, 2.05) is 39.8 Å². The molecule has 44 heavy (non-hydrogen) atoms. The minimum Gasteiger partial charge on any atom is -0.463 e. The van der Waals surface area contributed by atoms with Gasteiger partial charge in [-0.25, -0.2) is 4.79 Å². The molecule has 12 atom stereocenters. The van der Waals surface area contributed by atoms with Crippen LogP contribution >= 0.6 is 11.6 Å². The van der Waals surface area contributed by atoms with Crippen LogP contribution in [0.15, 0.2) is 24.3 Å². The number of carbonyl (C=O) groups excluding carboxylic acids is 2. The molecule has 6 heterocycles. The highest BCUT2D eigenvalue weighted by atomic mass is 35.5. The van der Waals surface area contributed by atoms with Crippen LogP contribution in [0.4, 0.5) is 4.79 Å². The van der Waals surface area contributed by atoms with E-state index in [9.17, 15) is 9.59 Å². The summed E-state index contributed by atoms with van der Waals surface area (Å²) in [7, 11) is 0. The fraction of sp³-hybridized carbons (Fsp3) is 0.818. The molecule has 6 aliphatic heterocycles. The van der Waals surface area contributed by atoms with Crippen LogP contribution in [0.5, 0.6) is 0 Å². The van der Waals surface area contributed by atoms with Crippen LogP contribution in [0.1, 0.15) is 80.1 Å². The molecule has 0 radical (unpaired) electrons. The van der Waals surface area contributed by atoms with Crippen LogP contribution < -0.4 is 0 Å². The Morgan fingerprint density at radius 1 is 1.05 bits per heavy atom. The molecule has 0 N–H and O–H groups in total. The second-order valence-electron chi connectivity index (χ2n) is 14.8. The fourth-order valence-corrected chi connectivity index (χ4v) is 8.00. The van der Waals surface area contributed by atoms with E-state index in [1.165, 1.54) is 0 Å². The molecule has 0 aromatic heterocycles. The summed E-state index contributed by atoms with van der Waals surface area (Å²) in [4.78, 5) is 25.0. The normalized spacial score (nSPS) is 46.7. The van der Waals surface area contributed by atoms with Crippen LogP contribution in [0.25, 0.3) is 0 Å². The van der Waals surface area contributed by atoms with Crippen molar-refractivity contribution in [2.45, 2.75) is 134 Å². The molecule has 0 amide bonds. The van der Waals surface area contributed by atoms with Crippen molar-refractivity contribution in [2.24, 2.45) is 23.2 Å². The van der Waals surface area contributed by atoms with Gasteiger partial charge in [0.15, 0.2) is 17.7 Å². The highest BCUT2D eigenvalue weighted by Gasteiger charge is 2.66. The van der Waals surface area contributed by atoms with E-state index in [0.29, 0.717) is 32.1 Å². The van der Waals surface area contributed by atoms with E-state index in [2.05, 4.69) is 20.4 Å². The molecule has 0 aromatic carbocycles. The van der Waals surface area contributed by atoms with E-state index in [1.54, 1.807) is 0 Å². The van der Waals surface area contributed by atoms with Crippen LogP contribution in [-0.4, -0.2) is 78.6 Å². The third-order valence-corrected chi connectivity index (χ3v) is 10.6. The van der Waals surface area contributed by atoms with Gasteiger partial charge in [-0.1, -0.05) is 33.4 Å². The average Bonchev–Trinajstić information content (AvgIpc) is 3.63. The lowest BCUT2D eigenvalue weighted by molar-refractivity contribution is -0.359.